The quantitative estimate of drug-likeness (QED) is 0.883. The van der Waals surface area contributed by atoms with Crippen LogP contribution >= 0.6 is 0 Å². The molecule has 1 aromatic rings. The molecule has 0 radical (unpaired) electrons. The lowest BCUT2D eigenvalue weighted by atomic mass is 10.0. The van der Waals surface area contributed by atoms with Gasteiger partial charge in [-0.05, 0) is 31.6 Å². The smallest absolute Gasteiger partial charge is 0.231 e. The van der Waals surface area contributed by atoms with Crippen molar-refractivity contribution in [3.8, 4) is 0 Å². The van der Waals surface area contributed by atoms with Gasteiger partial charge in [-0.2, -0.15) is 15.0 Å². The Morgan fingerprint density at radius 3 is 2.76 bits per heavy atom. The minimum Gasteiger partial charge on any atom is -0.381 e. The summed E-state index contributed by atoms with van der Waals surface area (Å²) in [6, 6.07) is 0. The first-order valence-electron chi connectivity index (χ1n) is 7.78. The summed E-state index contributed by atoms with van der Waals surface area (Å²) in [5.41, 5.74) is 5.86. The van der Waals surface area contributed by atoms with Gasteiger partial charge in [0.15, 0.2) is 0 Å². The topological polar surface area (TPSA) is 80.4 Å². The van der Waals surface area contributed by atoms with Crippen LogP contribution < -0.4 is 15.5 Å². The van der Waals surface area contributed by atoms with Crippen molar-refractivity contribution in [3.05, 3.63) is 0 Å². The van der Waals surface area contributed by atoms with Gasteiger partial charge in [0.2, 0.25) is 17.8 Å². The van der Waals surface area contributed by atoms with E-state index in [1.807, 2.05) is 7.05 Å². The maximum Gasteiger partial charge on any atom is 0.231 e. The van der Waals surface area contributed by atoms with E-state index in [1.165, 1.54) is 19.3 Å². The first-order valence-corrected chi connectivity index (χ1v) is 7.78. The maximum absolute atomic E-state index is 5.86. The van der Waals surface area contributed by atoms with E-state index in [1.54, 1.807) is 0 Å². The van der Waals surface area contributed by atoms with Crippen molar-refractivity contribution in [1.82, 2.24) is 15.0 Å². The number of nitrogens with zero attached hydrogens (tertiary/aromatic N) is 5. The van der Waals surface area contributed by atoms with Crippen molar-refractivity contribution < 1.29 is 4.74 Å². The average Bonchev–Trinajstić information content (AvgIpc) is 3.02. The van der Waals surface area contributed by atoms with Crippen molar-refractivity contribution in [2.45, 2.75) is 25.7 Å². The number of hydrogen-bond donors (Lipinski definition) is 1. The Morgan fingerprint density at radius 1 is 1.24 bits per heavy atom. The lowest BCUT2D eigenvalue weighted by Crippen LogP contribution is -2.32. The lowest BCUT2D eigenvalue weighted by Gasteiger charge is -2.27. The van der Waals surface area contributed by atoms with Crippen LogP contribution in [0, 0.1) is 5.92 Å². The van der Waals surface area contributed by atoms with Gasteiger partial charge >= 0.3 is 0 Å². The van der Waals surface area contributed by atoms with Crippen molar-refractivity contribution in [2.24, 2.45) is 5.92 Å². The molecule has 1 unspecified atom stereocenters. The highest BCUT2D eigenvalue weighted by atomic mass is 16.5. The molecular weight excluding hydrogens is 268 g/mol. The van der Waals surface area contributed by atoms with Crippen molar-refractivity contribution in [2.75, 3.05) is 55.4 Å². The van der Waals surface area contributed by atoms with Gasteiger partial charge in [0.25, 0.3) is 0 Å². The molecule has 0 amide bonds. The van der Waals surface area contributed by atoms with Gasteiger partial charge in [-0.3, -0.25) is 0 Å². The van der Waals surface area contributed by atoms with E-state index in [9.17, 15) is 0 Å². The molecular formula is C14H24N6O. The Kier molecular flexibility index (Phi) is 4.38. The van der Waals surface area contributed by atoms with Crippen molar-refractivity contribution in [3.63, 3.8) is 0 Å². The van der Waals surface area contributed by atoms with Crippen LogP contribution in [-0.2, 0) is 4.74 Å². The number of nitrogens with two attached hydrogens (primary N) is 1. The number of aromatic nitrogens is 3. The minimum absolute atomic E-state index is 0.300. The molecule has 116 valence electrons. The van der Waals surface area contributed by atoms with Gasteiger partial charge in [-0.25, -0.2) is 0 Å². The Hall–Kier alpha value is -1.63. The molecule has 3 heterocycles. The summed E-state index contributed by atoms with van der Waals surface area (Å²) >= 11 is 0. The molecule has 0 aromatic carbocycles. The highest BCUT2D eigenvalue weighted by molar-refractivity contribution is 5.43. The number of ether oxygens (including phenoxy) is 1. The molecule has 7 nitrogen and oxygen atoms in total. The van der Waals surface area contributed by atoms with Crippen LogP contribution in [0.15, 0.2) is 0 Å². The molecule has 3 rings (SSSR count). The number of hydrogen-bond acceptors (Lipinski definition) is 7. The highest BCUT2D eigenvalue weighted by Crippen LogP contribution is 2.21. The van der Waals surface area contributed by atoms with Gasteiger partial charge < -0.3 is 20.3 Å². The van der Waals surface area contributed by atoms with E-state index in [2.05, 4.69) is 24.8 Å². The van der Waals surface area contributed by atoms with Crippen LogP contribution in [0.25, 0.3) is 0 Å². The van der Waals surface area contributed by atoms with Gasteiger partial charge in [0.05, 0.1) is 6.61 Å². The van der Waals surface area contributed by atoms with Crippen LogP contribution in [-0.4, -0.2) is 54.8 Å². The average molecular weight is 292 g/mol. The van der Waals surface area contributed by atoms with Gasteiger partial charge in [-0.1, -0.05) is 0 Å². The molecule has 0 aliphatic carbocycles. The van der Waals surface area contributed by atoms with E-state index in [-0.39, 0.29) is 0 Å². The van der Waals surface area contributed by atoms with Crippen LogP contribution in [0.3, 0.4) is 0 Å². The van der Waals surface area contributed by atoms with E-state index >= 15 is 0 Å². The molecule has 0 bridgehead atoms. The van der Waals surface area contributed by atoms with Crippen LogP contribution in [0.1, 0.15) is 25.7 Å². The van der Waals surface area contributed by atoms with E-state index in [0.717, 1.165) is 39.3 Å². The van der Waals surface area contributed by atoms with E-state index < -0.39 is 0 Å². The van der Waals surface area contributed by atoms with Crippen LogP contribution in [0.2, 0.25) is 0 Å². The van der Waals surface area contributed by atoms with Crippen LogP contribution in [0.4, 0.5) is 17.8 Å². The zero-order valence-corrected chi connectivity index (χ0v) is 12.7. The molecule has 1 atom stereocenters. The number of rotatable bonds is 4. The third-order valence-corrected chi connectivity index (χ3v) is 4.15. The second-order valence-corrected chi connectivity index (χ2v) is 5.95. The Labute approximate surface area is 125 Å². The summed E-state index contributed by atoms with van der Waals surface area (Å²) in [6.45, 7) is 4.61. The first-order chi connectivity index (χ1) is 10.2. The Bertz CT molecular complexity index is 471. The Balaban J connectivity index is 1.70. The first kappa shape index (κ1) is 14.3. The van der Waals surface area contributed by atoms with E-state index in [4.69, 9.17) is 10.5 Å². The van der Waals surface area contributed by atoms with Crippen molar-refractivity contribution in [1.29, 1.82) is 0 Å². The SMILES string of the molecule is CN(CC1CCCOC1)c1nc(N)nc(N2CCCC2)n1. The predicted molar refractivity (Wildman–Crippen MR) is 82.5 cm³/mol. The molecule has 2 aliphatic rings. The van der Waals surface area contributed by atoms with Gasteiger partial charge in [0.1, 0.15) is 0 Å². The summed E-state index contributed by atoms with van der Waals surface area (Å²) in [6.07, 6.45) is 4.72. The third-order valence-electron chi connectivity index (χ3n) is 4.15. The minimum atomic E-state index is 0.300. The number of nitrogen functional groups attached to an aromatic ring is 1. The second-order valence-electron chi connectivity index (χ2n) is 5.95. The van der Waals surface area contributed by atoms with E-state index in [0.29, 0.717) is 23.8 Å². The van der Waals surface area contributed by atoms with Gasteiger partial charge in [0, 0.05) is 33.3 Å². The summed E-state index contributed by atoms with van der Waals surface area (Å²) in [7, 11) is 2.01. The fraction of sp³-hybridized carbons (Fsp3) is 0.786. The zero-order chi connectivity index (χ0) is 14.7. The molecule has 2 aliphatic heterocycles. The largest absolute Gasteiger partial charge is 0.381 e. The monoisotopic (exact) mass is 292 g/mol. The molecule has 2 N–H and O–H groups in total. The fourth-order valence-corrected chi connectivity index (χ4v) is 3.02. The summed E-state index contributed by atoms with van der Waals surface area (Å²) in [5.74, 6) is 2.21. The summed E-state index contributed by atoms with van der Waals surface area (Å²) < 4.78 is 5.53. The molecule has 1 aromatic heterocycles. The fourth-order valence-electron chi connectivity index (χ4n) is 3.02. The molecule has 0 spiro atoms. The number of anilines is 3. The molecule has 2 fully saturated rings. The lowest BCUT2D eigenvalue weighted by molar-refractivity contribution is 0.0575. The zero-order valence-electron chi connectivity index (χ0n) is 12.7. The molecule has 0 saturated carbocycles. The maximum atomic E-state index is 5.86. The molecule has 2 saturated heterocycles. The molecule has 7 heteroatoms. The highest BCUT2D eigenvalue weighted by Gasteiger charge is 2.20. The summed E-state index contributed by atoms with van der Waals surface area (Å²) in [4.78, 5) is 17.4. The summed E-state index contributed by atoms with van der Waals surface area (Å²) in [5, 5.41) is 0. The van der Waals surface area contributed by atoms with Gasteiger partial charge in [-0.15, -0.1) is 0 Å². The standard InChI is InChI=1S/C14H24N6O/c1-19(9-11-5-4-8-21-10-11)13-16-12(15)17-14(18-13)20-6-2-3-7-20/h11H,2-10H2,1H3,(H2,15,16,17,18). The van der Waals surface area contributed by atoms with Crippen LogP contribution in [0.5, 0.6) is 0 Å². The Morgan fingerprint density at radius 2 is 2.05 bits per heavy atom. The van der Waals surface area contributed by atoms with Crippen molar-refractivity contribution >= 4 is 17.8 Å². The molecule has 21 heavy (non-hydrogen) atoms. The predicted octanol–water partition coefficient (Wildman–Crippen LogP) is 0.917. The third kappa shape index (κ3) is 3.53. The normalized spacial score (nSPS) is 22.5. The second kappa shape index (κ2) is 6.43.